The molecule has 0 saturated carbocycles. The monoisotopic (exact) mass is 452 g/mol. The molecular weight excluding hydrogens is 428 g/mol. The number of nitrogens with zero attached hydrogens (tertiary/aromatic N) is 1. The van der Waals surface area contributed by atoms with Gasteiger partial charge < -0.3 is 20.7 Å². The third kappa shape index (κ3) is 6.72. The summed E-state index contributed by atoms with van der Waals surface area (Å²) in [5.41, 5.74) is 2.02. The van der Waals surface area contributed by atoms with Crippen molar-refractivity contribution in [2.75, 3.05) is 10.6 Å². The fraction of sp³-hybridized carbons (Fsp3) is 0.208. The van der Waals surface area contributed by atoms with Crippen LogP contribution in [0.15, 0.2) is 60.8 Å². The molecule has 166 valence electrons. The number of aryl methyl sites for hydroxylation is 1. The van der Waals surface area contributed by atoms with E-state index in [0.717, 1.165) is 5.56 Å². The highest BCUT2D eigenvalue weighted by atomic mass is 35.5. The summed E-state index contributed by atoms with van der Waals surface area (Å²) in [4.78, 5) is 28.6. The van der Waals surface area contributed by atoms with Gasteiger partial charge in [-0.2, -0.15) is 0 Å². The predicted octanol–water partition coefficient (Wildman–Crippen LogP) is 6.01. The molecule has 8 heteroatoms. The number of ether oxygens (including phenoxy) is 1. The third-order valence-electron chi connectivity index (χ3n) is 4.22. The second-order valence-corrected chi connectivity index (χ2v) is 8.66. The standard InChI is InChI=1S/C24H25ClN4O3/c1-15-13-17(7-10-20(15)25)28-23(31)27-16-5-8-18(9-6-16)32-19-11-12-26-21(14-19)22(30)29-24(2,3)4/h5-14H,1-4H3,(H,29,30)(H2,27,28,31). The van der Waals surface area contributed by atoms with Crippen LogP contribution in [0.5, 0.6) is 11.5 Å². The minimum Gasteiger partial charge on any atom is -0.457 e. The molecule has 3 amide bonds. The smallest absolute Gasteiger partial charge is 0.323 e. The number of rotatable bonds is 5. The number of carbonyl (C=O) groups excluding carboxylic acids is 2. The minimum atomic E-state index is -0.371. The number of halogens is 1. The van der Waals surface area contributed by atoms with E-state index in [0.29, 0.717) is 27.9 Å². The molecule has 3 aromatic rings. The van der Waals surface area contributed by atoms with Crippen LogP contribution in [0.4, 0.5) is 16.2 Å². The quantitative estimate of drug-likeness (QED) is 0.442. The Morgan fingerprint density at radius 2 is 1.56 bits per heavy atom. The van der Waals surface area contributed by atoms with Crippen LogP contribution in [0.25, 0.3) is 0 Å². The van der Waals surface area contributed by atoms with Gasteiger partial charge in [0.1, 0.15) is 17.2 Å². The summed E-state index contributed by atoms with van der Waals surface area (Å²) >= 11 is 6.01. The summed E-state index contributed by atoms with van der Waals surface area (Å²) in [6.07, 6.45) is 1.52. The molecule has 0 radical (unpaired) electrons. The van der Waals surface area contributed by atoms with Crippen molar-refractivity contribution in [3.63, 3.8) is 0 Å². The average molecular weight is 453 g/mol. The predicted molar refractivity (Wildman–Crippen MR) is 127 cm³/mol. The van der Waals surface area contributed by atoms with Crippen LogP contribution in [0.3, 0.4) is 0 Å². The maximum absolute atomic E-state index is 12.3. The molecule has 3 rings (SSSR count). The van der Waals surface area contributed by atoms with Gasteiger partial charge in [0, 0.05) is 34.2 Å². The van der Waals surface area contributed by atoms with E-state index in [9.17, 15) is 9.59 Å². The Bertz CT molecular complexity index is 1120. The number of pyridine rings is 1. The first-order valence-corrected chi connectivity index (χ1v) is 10.4. The van der Waals surface area contributed by atoms with E-state index in [1.165, 1.54) is 6.20 Å². The second-order valence-electron chi connectivity index (χ2n) is 8.25. The van der Waals surface area contributed by atoms with Crippen LogP contribution in [0, 0.1) is 6.92 Å². The zero-order valence-electron chi connectivity index (χ0n) is 18.3. The van der Waals surface area contributed by atoms with Gasteiger partial charge in [0.2, 0.25) is 0 Å². The van der Waals surface area contributed by atoms with Crippen molar-refractivity contribution in [1.82, 2.24) is 10.3 Å². The Balaban J connectivity index is 1.60. The number of benzene rings is 2. The maximum Gasteiger partial charge on any atom is 0.323 e. The summed E-state index contributed by atoms with van der Waals surface area (Å²) in [6.45, 7) is 7.57. The number of hydrogen-bond donors (Lipinski definition) is 3. The summed E-state index contributed by atoms with van der Waals surface area (Å²) in [6, 6.07) is 15.0. The van der Waals surface area contributed by atoms with Crippen LogP contribution in [0.1, 0.15) is 36.8 Å². The van der Waals surface area contributed by atoms with Crippen LogP contribution < -0.4 is 20.7 Å². The first kappa shape index (κ1) is 23.1. The highest BCUT2D eigenvalue weighted by Crippen LogP contribution is 2.24. The lowest BCUT2D eigenvalue weighted by Gasteiger charge is -2.20. The van der Waals surface area contributed by atoms with E-state index in [4.69, 9.17) is 16.3 Å². The van der Waals surface area contributed by atoms with Gasteiger partial charge in [-0.1, -0.05) is 11.6 Å². The van der Waals surface area contributed by atoms with Gasteiger partial charge in [-0.3, -0.25) is 9.78 Å². The average Bonchev–Trinajstić information content (AvgIpc) is 2.71. The first-order chi connectivity index (χ1) is 15.1. The van der Waals surface area contributed by atoms with E-state index in [2.05, 4.69) is 20.9 Å². The Labute approximate surface area is 192 Å². The second kappa shape index (κ2) is 9.70. The fourth-order valence-electron chi connectivity index (χ4n) is 2.76. The Morgan fingerprint density at radius 3 is 2.22 bits per heavy atom. The summed E-state index contributed by atoms with van der Waals surface area (Å²) in [7, 11) is 0. The van der Waals surface area contributed by atoms with E-state index in [-0.39, 0.29) is 23.2 Å². The number of hydrogen-bond acceptors (Lipinski definition) is 4. The molecule has 0 saturated heterocycles. The Hall–Kier alpha value is -3.58. The molecule has 0 bridgehead atoms. The van der Waals surface area contributed by atoms with Crippen molar-refractivity contribution in [2.45, 2.75) is 33.2 Å². The van der Waals surface area contributed by atoms with Crippen molar-refractivity contribution in [1.29, 1.82) is 0 Å². The van der Waals surface area contributed by atoms with Gasteiger partial charge in [-0.15, -0.1) is 0 Å². The third-order valence-corrected chi connectivity index (χ3v) is 4.64. The van der Waals surface area contributed by atoms with Crippen LogP contribution in [-0.2, 0) is 0 Å². The lowest BCUT2D eigenvalue weighted by Crippen LogP contribution is -2.40. The van der Waals surface area contributed by atoms with Crippen molar-refractivity contribution < 1.29 is 14.3 Å². The van der Waals surface area contributed by atoms with Gasteiger partial charge in [0.05, 0.1) is 0 Å². The van der Waals surface area contributed by atoms with Crippen LogP contribution in [0.2, 0.25) is 5.02 Å². The first-order valence-electron chi connectivity index (χ1n) is 10.00. The molecule has 3 N–H and O–H groups in total. The molecule has 0 spiro atoms. The van der Waals surface area contributed by atoms with Gasteiger partial charge in [0.15, 0.2) is 0 Å². The number of anilines is 2. The Morgan fingerprint density at radius 1 is 0.906 bits per heavy atom. The zero-order valence-corrected chi connectivity index (χ0v) is 19.1. The molecule has 7 nitrogen and oxygen atoms in total. The lowest BCUT2D eigenvalue weighted by atomic mass is 10.1. The molecule has 1 aromatic heterocycles. The molecule has 2 aromatic carbocycles. The van der Waals surface area contributed by atoms with Crippen LogP contribution in [-0.4, -0.2) is 22.5 Å². The van der Waals surface area contributed by atoms with E-state index >= 15 is 0 Å². The molecule has 0 atom stereocenters. The molecule has 0 aliphatic heterocycles. The van der Waals surface area contributed by atoms with E-state index < -0.39 is 0 Å². The molecule has 0 aliphatic rings. The lowest BCUT2D eigenvalue weighted by molar-refractivity contribution is 0.0914. The molecule has 32 heavy (non-hydrogen) atoms. The molecule has 0 aliphatic carbocycles. The summed E-state index contributed by atoms with van der Waals surface area (Å²) in [5.74, 6) is 0.762. The number of amides is 3. The van der Waals surface area contributed by atoms with E-state index in [1.807, 2.05) is 27.7 Å². The van der Waals surface area contributed by atoms with Crippen molar-refractivity contribution >= 4 is 34.9 Å². The van der Waals surface area contributed by atoms with Crippen molar-refractivity contribution in [3.05, 3.63) is 77.1 Å². The van der Waals surface area contributed by atoms with Crippen molar-refractivity contribution in [2.24, 2.45) is 0 Å². The fourth-order valence-corrected chi connectivity index (χ4v) is 2.88. The number of aromatic nitrogens is 1. The summed E-state index contributed by atoms with van der Waals surface area (Å²) in [5, 5.41) is 9.03. The highest BCUT2D eigenvalue weighted by molar-refractivity contribution is 6.31. The molecule has 0 fully saturated rings. The number of urea groups is 1. The van der Waals surface area contributed by atoms with Gasteiger partial charge in [-0.25, -0.2) is 4.79 Å². The van der Waals surface area contributed by atoms with Gasteiger partial charge in [0.25, 0.3) is 5.91 Å². The summed E-state index contributed by atoms with van der Waals surface area (Å²) < 4.78 is 5.82. The molecular formula is C24H25ClN4O3. The maximum atomic E-state index is 12.3. The number of carbonyl (C=O) groups is 2. The van der Waals surface area contributed by atoms with Crippen molar-refractivity contribution in [3.8, 4) is 11.5 Å². The normalized spacial score (nSPS) is 10.9. The van der Waals surface area contributed by atoms with Gasteiger partial charge in [-0.05, 0) is 81.8 Å². The SMILES string of the molecule is Cc1cc(NC(=O)Nc2ccc(Oc3ccnc(C(=O)NC(C)(C)C)c3)cc2)ccc1Cl. The molecule has 0 unspecified atom stereocenters. The van der Waals surface area contributed by atoms with E-state index in [1.54, 1.807) is 54.6 Å². The minimum absolute atomic E-state index is 0.268. The number of nitrogens with one attached hydrogen (secondary N) is 3. The Kier molecular flexibility index (Phi) is 7.00. The largest absolute Gasteiger partial charge is 0.457 e. The molecule has 1 heterocycles. The zero-order chi connectivity index (χ0) is 23.3. The van der Waals surface area contributed by atoms with Crippen LogP contribution >= 0.6 is 11.6 Å². The topological polar surface area (TPSA) is 92.3 Å². The highest BCUT2D eigenvalue weighted by Gasteiger charge is 2.16. The van der Waals surface area contributed by atoms with Gasteiger partial charge >= 0.3 is 6.03 Å².